The molecule has 1 aromatic rings. The second kappa shape index (κ2) is 8.95. The van der Waals surface area contributed by atoms with Crippen LogP contribution in [0.1, 0.15) is 39.3 Å². The van der Waals surface area contributed by atoms with E-state index >= 15 is 0 Å². The van der Waals surface area contributed by atoms with Gasteiger partial charge in [0.05, 0.1) is 6.61 Å². The minimum Gasteiger partial charge on any atom is -0.435 e. The van der Waals surface area contributed by atoms with Gasteiger partial charge in [-0.3, -0.25) is 0 Å². The summed E-state index contributed by atoms with van der Waals surface area (Å²) < 4.78 is 34.1. The summed E-state index contributed by atoms with van der Waals surface area (Å²) in [5, 5.41) is 3.51. The molecule has 0 aromatic heterocycles. The van der Waals surface area contributed by atoms with Crippen LogP contribution in [0.5, 0.6) is 5.75 Å². The van der Waals surface area contributed by atoms with Crippen molar-refractivity contribution in [3.05, 3.63) is 29.8 Å². The lowest BCUT2D eigenvalue weighted by molar-refractivity contribution is -0.0498. The van der Waals surface area contributed by atoms with E-state index in [0.717, 1.165) is 5.56 Å². The summed E-state index contributed by atoms with van der Waals surface area (Å²) in [5.41, 5.74) is 1.03. The molecule has 3 nitrogen and oxygen atoms in total. The third kappa shape index (κ3) is 6.40. The fourth-order valence-electron chi connectivity index (χ4n) is 2.03. The summed E-state index contributed by atoms with van der Waals surface area (Å²) >= 11 is 0. The Kier molecular flexibility index (Phi) is 7.61. The van der Waals surface area contributed by atoms with Gasteiger partial charge < -0.3 is 14.8 Å². The lowest BCUT2D eigenvalue weighted by Crippen LogP contribution is -2.39. The maximum atomic E-state index is 12.1. The lowest BCUT2D eigenvalue weighted by atomic mass is 10.0. The van der Waals surface area contributed by atoms with Crippen molar-refractivity contribution in [1.29, 1.82) is 0 Å². The second-order valence-electron chi connectivity index (χ2n) is 5.35. The van der Waals surface area contributed by atoms with Gasteiger partial charge in [0.25, 0.3) is 0 Å². The largest absolute Gasteiger partial charge is 0.435 e. The van der Waals surface area contributed by atoms with Crippen molar-refractivity contribution >= 4 is 0 Å². The molecule has 0 fully saturated rings. The van der Waals surface area contributed by atoms with Gasteiger partial charge in [0, 0.05) is 18.7 Å². The summed E-state index contributed by atoms with van der Waals surface area (Å²) in [7, 11) is 0. The fraction of sp³-hybridized carbons (Fsp3) is 0.625. The van der Waals surface area contributed by atoms with Crippen molar-refractivity contribution in [2.24, 2.45) is 5.92 Å². The molecule has 1 rings (SSSR count). The topological polar surface area (TPSA) is 30.5 Å². The van der Waals surface area contributed by atoms with Crippen molar-refractivity contribution in [1.82, 2.24) is 5.32 Å². The standard InChI is InChI=1S/C16H25F2NO2/c1-5-20-10-15(11(2)3)19-12(4)13-6-8-14(9-7-13)21-16(17)18/h6-9,11-12,15-16,19H,5,10H2,1-4H3. The van der Waals surface area contributed by atoms with Crippen LogP contribution in [-0.4, -0.2) is 25.9 Å². The Morgan fingerprint density at radius 2 is 1.71 bits per heavy atom. The van der Waals surface area contributed by atoms with Crippen LogP contribution >= 0.6 is 0 Å². The molecule has 0 aliphatic rings. The van der Waals surface area contributed by atoms with Gasteiger partial charge in [-0.1, -0.05) is 26.0 Å². The molecule has 0 heterocycles. The van der Waals surface area contributed by atoms with Gasteiger partial charge in [0.2, 0.25) is 0 Å². The highest BCUT2D eigenvalue weighted by atomic mass is 19.3. The molecule has 0 spiro atoms. The van der Waals surface area contributed by atoms with Crippen LogP contribution in [0.15, 0.2) is 24.3 Å². The van der Waals surface area contributed by atoms with E-state index < -0.39 is 6.61 Å². The van der Waals surface area contributed by atoms with Gasteiger partial charge in [-0.2, -0.15) is 8.78 Å². The van der Waals surface area contributed by atoms with Gasteiger partial charge in [-0.15, -0.1) is 0 Å². The molecule has 120 valence electrons. The number of benzene rings is 1. The first-order chi connectivity index (χ1) is 9.93. The molecule has 0 bridgehead atoms. The molecule has 1 aromatic carbocycles. The van der Waals surface area contributed by atoms with E-state index in [2.05, 4.69) is 23.9 Å². The summed E-state index contributed by atoms with van der Waals surface area (Å²) in [6, 6.07) is 7.08. The Bertz CT molecular complexity index is 396. The molecule has 0 aliphatic heterocycles. The van der Waals surface area contributed by atoms with Crippen molar-refractivity contribution < 1.29 is 18.3 Å². The van der Waals surface area contributed by atoms with Gasteiger partial charge in [0.1, 0.15) is 5.75 Å². The van der Waals surface area contributed by atoms with E-state index in [0.29, 0.717) is 19.1 Å². The van der Waals surface area contributed by atoms with Crippen LogP contribution in [0.3, 0.4) is 0 Å². The van der Waals surface area contributed by atoms with Crippen LogP contribution < -0.4 is 10.1 Å². The molecule has 0 saturated carbocycles. The van der Waals surface area contributed by atoms with E-state index in [-0.39, 0.29) is 17.8 Å². The number of halogens is 2. The van der Waals surface area contributed by atoms with Crippen molar-refractivity contribution in [3.8, 4) is 5.75 Å². The SMILES string of the molecule is CCOCC(NC(C)c1ccc(OC(F)F)cc1)C(C)C. The molecule has 0 radical (unpaired) electrons. The summed E-state index contributed by atoms with van der Waals surface area (Å²) in [6.07, 6.45) is 0. The van der Waals surface area contributed by atoms with Crippen molar-refractivity contribution in [2.45, 2.75) is 46.4 Å². The Morgan fingerprint density at radius 1 is 1.10 bits per heavy atom. The second-order valence-corrected chi connectivity index (χ2v) is 5.35. The zero-order valence-electron chi connectivity index (χ0n) is 13.1. The normalized spacial score (nSPS) is 14.5. The van der Waals surface area contributed by atoms with Crippen LogP contribution in [0, 0.1) is 5.92 Å². The van der Waals surface area contributed by atoms with E-state index in [9.17, 15) is 8.78 Å². The Hall–Kier alpha value is -1.20. The summed E-state index contributed by atoms with van der Waals surface area (Å²) in [6.45, 7) is 6.87. The van der Waals surface area contributed by atoms with E-state index in [1.54, 1.807) is 24.3 Å². The molecule has 21 heavy (non-hydrogen) atoms. The predicted octanol–water partition coefficient (Wildman–Crippen LogP) is 4.00. The average Bonchev–Trinajstić information content (AvgIpc) is 2.43. The molecular weight excluding hydrogens is 276 g/mol. The summed E-state index contributed by atoms with van der Waals surface area (Å²) in [4.78, 5) is 0. The lowest BCUT2D eigenvalue weighted by Gasteiger charge is -2.26. The van der Waals surface area contributed by atoms with Gasteiger partial charge in [-0.25, -0.2) is 0 Å². The Labute approximate surface area is 125 Å². The first kappa shape index (κ1) is 17.9. The summed E-state index contributed by atoms with van der Waals surface area (Å²) in [5.74, 6) is 0.621. The molecule has 2 atom stereocenters. The van der Waals surface area contributed by atoms with Crippen molar-refractivity contribution in [3.63, 3.8) is 0 Å². The van der Waals surface area contributed by atoms with Crippen LogP contribution in [-0.2, 0) is 4.74 Å². The van der Waals surface area contributed by atoms with Gasteiger partial charge in [0.15, 0.2) is 0 Å². The molecular formula is C16H25F2NO2. The predicted molar refractivity (Wildman–Crippen MR) is 79.7 cm³/mol. The van der Waals surface area contributed by atoms with E-state index in [4.69, 9.17) is 4.74 Å². The number of ether oxygens (including phenoxy) is 2. The number of alkyl halides is 2. The van der Waals surface area contributed by atoms with Gasteiger partial charge in [-0.05, 0) is 37.5 Å². The molecule has 1 N–H and O–H groups in total. The highest BCUT2D eigenvalue weighted by Crippen LogP contribution is 2.20. The maximum absolute atomic E-state index is 12.1. The molecule has 0 aliphatic carbocycles. The number of rotatable bonds is 9. The van der Waals surface area contributed by atoms with Gasteiger partial charge >= 0.3 is 6.61 Å². The maximum Gasteiger partial charge on any atom is 0.387 e. The highest BCUT2D eigenvalue weighted by Gasteiger charge is 2.17. The molecule has 0 amide bonds. The van der Waals surface area contributed by atoms with Crippen LogP contribution in [0.25, 0.3) is 0 Å². The zero-order chi connectivity index (χ0) is 15.8. The number of hydrogen-bond acceptors (Lipinski definition) is 3. The third-order valence-electron chi connectivity index (χ3n) is 3.38. The van der Waals surface area contributed by atoms with E-state index in [1.807, 2.05) is 13.8 Å². The van der Waals surface area contributed by atoms with Crippen molar-refractivity contribution in [2.75, 3.05) is 13.2 Å². The Balaban J connectivity index is 2.62. The first-order valence-corrected chi connectivity index (χ1v) is 7.32. The minimum atomic E-state index is -2.79. The first-order valence-electron chi connectivity index (χ1n) is 7.32. The smallest absolute Gasteiger partial charge is 0.387 e. The van der Waals surface area contributed by atoms with E-state index in [1.165, 1.54) is 0 Å². The quantitative estimate of drug-likeness (QED) is 0.748. The molecule has 0 saturated heterocycles. The monoisotopic (exact) mass is 301 g/mol. The highest BCUT2D eigenvalue weighted by molar-refractivity contribution is 5.29. The fourth-order valence-corrected chi connectivity index (χ4v) is 2.03. The number of hydrogen-bond donors (Lipinski definition) is 1. The average molecular weight is 301 g/mol. The van der Waals surface area contributed by atoms with Crippen LogP contribution in [0.4, 0.5) is 8.78 Å². The zero-order valence-corrected chi connectivity index (χ0v) is 13.1. The molecule has 2 unspecified atom stereocenters. The Morgan fingerprint density at radius 3 is 2.19 bits per heavy atom. The van der Waals surface area contributed by atoms with Crippen LogP contribution in [0.2, 0.25) is 0 Å². The number of nitrogens with one attached hydrogen (secondary N) is 1. The minimum absolute atomic E-state index is 0.110. The molecule has 5 heteroatoms. The third-order valence-corrected chi connectivity index (χ3v) is 3.38.